The van der Waals surface area contributed by atoms with Crippen LogP contribution in [0, 0.1) is 0 Å². The Morgan fingerprint density at radius 3 is 3.00 bits per heavy atom. The molecule has 1 aliphatic heterocycles. The third-order valence-corrected chi connectivity index (χ3v) is 1.78. The predicted molar refractivity (Wildman–Crippen MR) is 46.4 cm³/mol. The Bertz CT molecular complexity index is 174. The molecule has 11 heavy (non-hydrogen) atoms. The van der Waals surface area contributed by atoms with Gasteiger partial charge in [0, 0.05) is 26.8 Å². The number of rotatable bonds is 0. The van der Waals surface area contributed by atoms with Gasteiger partial charge in [-0.3, -0.25) is 5.01 Å². The van der Waals surface area contributed by atoms with E-state index in [0.717, 1.165) is 18.8 Å². The van der Waals surface area contributed by atoms with Gasteiger partial charge in [-0.1, -0.05) is 12.7 Å². The van der Waals surface area contributed by atoms with Crippen LogP contribution in [0.15, 0.2) is 24.7 Å². The fourth-order valence-electron chi connectivity index (χ4n) is 0.962. The normalized spacial score (nSPS) is 22.9. The lowest BCUT2D eigenvalue weighted by molar-refractivity contribution is 0.235. The molecule has 1 heterocycles. The van der Waals surface area contributed by atoms with Crippen molar-refractivity contribution in [2.75, 3.05) is 20.6 Å². The van der Waals surface area contributed by atoms with Crippen LogP contribution < -0.4 is 5.43 Å². The summed E-state index contributed by atoms with van der Waals surface area (Å²) in [5, 5.41) is 1.93. The van der Waals surface area contributed by atoms with Crippen LogP contribution in [0.1, 0.15) is 6.42 Å². The minimum absolute atomic E-state index is 0.959. The lowest BCUT2D eigenvalue weighted by Crippen LogP contribution is -2.39. The van der Waals surface area contributed by atoms with Gasteiger partial charge in [0.05, 0.1) is 0 Å². The van der Waals surface area contributed by atoms with Gasteiger partial charge < -0.3 is 4.90 Å². The van der Waals surface area contributed by atoms with Gasteiger partial charge in [-0.15, -0.1) is 0 Å². The quantitative estimate of drug-likeness (QED) is 0.554. The standard InChI is InChI=1S/C8H15N3/c1-8-10(2)7-5-4-6-9-11(8)3/h5,7,9H,1,4,6H2,2-3H3/b7-5-. The highest BCUT2D eigenvalue weighted by Gasteiger charge is 2.05. The molecule has 0 atom stereocenters. The lowest BCUT2D eigenvalue weighted by Gasteiger charge is -2.29. The average molecular weight is 153 g/mol. The molecule has 0 aliphatic carbocycles. The van der Waals surface area contributed by atoms with Gasteiger partial charge in [0.15, 0.2) is 0 Å². The molecule has 0 amide bonds. The van der Waals surface area contributed by atoms with Crippen LogP contribution >= 0.6 is 0 Å². The molecule has 0 spiro atoms. The van der Waals surface area contributed by atoms with Crippen LogP contribution in [0.25, 0.3) is 0 Å². The Kier molecular flexibility index (Phi) is 2.54. The van der Waals surface area contributed by atoms with E-state index >= 15 is 0 Å². The maximum absolute atomic E-state index is 3.92. The number of hydrazine groups is 1. The summed E-state index contributed by atoms with van der Waals surface area (Å²) >= 11 is 0. The van der Waals surface area contributed by atoms with E-state index in [2.05, 4.69) is 18.1 Å². The maximum Gasteiger partial charge on any atom is 0.114 e. The largest absolute Gasteiger partial charge is 0.338 e. The fraction of sp³-hybridized carbons (Fsp3) is 0.500. The smallest absolute Gasteiger partial charge is 0.114 e. The molecule has 1 N–H and O–H groups in total. The molecule has 0 fully saturated rings. The Hall–Kier alpha value is -0.960. The fourth-order valence-corrected chi connectivity index (χ4v) is 0.962. The summed E-state index contributed by atoms with van der Waals surface area (Å²) in [5.41, 5.74) is 3.21. The molecule has 0 aromatic carbocycles. The lowest BCUT2D eigenvalue weighted by atomic mass is 10.4. The first-order valence-electron chi connectivity index (χ1n) is 3.77. The van der Waals surface area contributed by atoms with Crippen molar-refractivity contribution in [1.29, 1.82) is 0 Å². The van der Waals surface area contributed by atoms with Crippen LogP contribution in [0.3, 0.4) is 0 Å². The van der Waals surface area contributed by atoms with Crippen molar-refractivity contribution in [3.63, 3.8) is 0 Å². The Morgan fingerprint density at radius 2 is 2.27 bits per heavy atom. The Labute approximate surface area is 67.9 Å². The van der Waals surface area contributed by atoms with Gasteiger partial charge in [-0.25, -0.2) is 5.43 Å². The second-order valence-electron chi connectivity index (χ2n) is 2.67. The molecule has 1 rings (SSSR count). The van der Waals surface area contributed by atoms with E-state index in [1.807, 2.05) is 30.2 Å². The van der Waals surface area contributed by atoms with Crippen molar-refractivity contribution in [2.45, 2.75) is 6.42 Å². The number of nitrogens with zero attached hydrogens (tertiary/aromatic N) is 2. The van der Waals surface area contributed by atoms with Crippen LogP contribution in [0.5, 0.6) is 0 Å². The van der Waals surface area contributed by atoms with Crippen molar-refractivity contribution in [3.05, 3.63) is 24.7 Å². The van der Waals surface area contributed by atoms with E-state index in [9.17, 15) is 0 Å². The van der Waals surface area contributed by atoms with E-state index in [4.69, 9.17) is 0 Å². The van der Waals surface area contributed by atoms with E-state index in [0.29, 0.717) is 0 Å². The summed E-state index contributed by atoms with van der Waals surface area (Å²) in [4.78, 5) is 1.99. The van der Waals surface area contributed by atoms with Gasteiger partial charge in [-0.05, 0) is 6.42 Å². The minimum atomic E-state index is 0.959. The molecule has 62 valence electrons. The molecule has 0 unspecified atom stereocenters. The molecule has 0 saturated heterocycles. The zero-order valence-corrected chi connectivity index (χ0v) is 7.17. The van der Waals surface area contributed by atoms with Gasteiger partial charge in [0.25, 0.3) is 0 Å². The summed E-state index contributed by atoms with van der Waals surface area (Å²) in [6, 6.07) is 0. The predicted octanol–water partition coefficient (Wildman–Crippen LogP) is 0.743. The van der Waals surface area contributed by atoms with Gasteiger partial charge in [-0.2, -0.15) is 0 Å². The summed E-state index contributed by atoms with van der Waals surface area (Å²) in [7, 11) is 3.96. The third kappa shape index (κ3) is 1.98. The Morgan fingerprint density at radius 1 is 1.55 bits per heavy atom. The molecule has 0 aromatic rings. The van der Waals surface area contributed by atoms with Gasteiger partial charge in [0.2, 0.25) is 0 Å². The second kappa shape index (κ2) is 3.44. The summed E-state index contributed by atoms with van der Waals surface area (Å²) in [6.45, 7) is 4.89. The van der Waals surface area contributed by atoms with E-state index in [-0.39, 0.29) is 0 Å². The van der Waals surface area contributed by atoms with Crippen LogP contribution in [0.4, 0.5) is 0 Å². The SMILES string of the molecule is C=C1N(C)/C=C\CCNN1C. The molecule has 0 aromatic heterocycles. The number of hydrogen-bond acceptors (Lipinski definition) is 3. The highest BCUT2D eigenvalue weighted by molar-refractivity contribution is 4.98. The molecular weight excluding hydrogens is 138 g/mol. The van der Waals surface area contributed by atoms with Crippen LogP contribution in [-0.4, -0.2) is 30.5 Å². The van der Waals surface area contributed by atoms with E-state index in [1.54, 1.807) is 0 Å². The zero-order valence-electron chi connectivity index (χ0n) is 7.17. The first kappa shape index (κ1) is 8.14. The zero-order chi connectivity index (χ0) is 8.27. The number of nitrogens with one attached hydrogen (secondary N) is 1. The molecular formula is C8H15N3. The molecule has 3 heteroatoms. The third-order valence-electron chi connectivity index (χ3n) is 1.78. The molecule has 1 aliphatic rings. The van der Waals surface area contributed by atoms with E-state index < -0.39 is 0 Å². The highest BCUT2D eigenvalue weighted by atomic mass is 15.5. The molecule has 3 nitrogen and oxygen atoms in total. The highest BCUT2D eigenvalue weighted by Crippen LogP contribution is 2.04. The Balaban J connectivity index is 2.64. The molecule has 0 bridgehead atoms. The summed E-state index contributed by atoms with van der Waals surface area (Å²) in [6.07, 6.45) is 5.23. The van der Waals surface area contributed by atoms with Crippen LogP contribution in [-0.2, 0) is 0 Å². The summed E-state index contributed by atoms with van der Waals surface area (Å²) in [5.74, 6) is 0.959. The molecule has 0 radical (unpaired) electrons. The van der Waals surface area contributed by atoms with Gasteiger partial charge >= 0.3 is 0 Å². The van der Waals surface area contributed by atoms with Gasteiger partial charge in [0.1, 0.15) is 5.82 Å². The summed E-state index contributed by atoms with van der Waals surface area (Å²) < 4.78 is 0. The maximum atomic E-state index is 3.92. The average Bonchev–Trinajstić information content (AvgIpc) is 2.00. The first-order valence-corrected chi connectivity index (χ1v) is 3.77. The van der Waals surface area contributed by atoms with E-state index in [1.165, 1.54) is 0 Å². The van der Waals surface area contributed by atoms with Crippen molar-refractivity contribution < 1.29 is 0 Å². The first-order chi connectivity index (χ1) is 5.22. The minimum Gasteiger partial charge on any atom is -0.338 e. The van der Waals surface area contributed by atoms with Crippen molar-refractivity contribution in [3.8, 4) is 0 Å². The van der Waals surface area contributed by atoms with Crippen LogP contribution in [0.2, 0.25) is 0 Å². The second-order valence-corrected chi connectivity index (χ2v) is 2.67. The molecule has 0 saturated carbocycles. The van der Waals surface area contributed by atoms with Crippen molar-refractivity contribution >= 4 is 0 Å². The monoisotopic (exact) mass is 153 g/mol. The topological polar surface area (TPSA) is 18.5 Å². The van der Waals surface area contributed by atoms with Crippen molar-refractivity contribution in [2.24, 2.45) is 0 Å². The van der Waals surface area contributed by atoms with Crippen molar-refractivity contribution in [1.82, 2.24) is 15.3 Å². The number of hydrogen-bond donors (Lipinski definition) is 1.